The lowest BCUT2D eigenvalue weighted by Crippen LogP contribution is -2.45. The van der Waals surface area contributed by atoms with Crippen molar-refractivity contribution in [1.82, 2.24) is 10.2 Å². The molecule has 1 N–H and O–H groups in total. The molecule has 2 aromatic rings. The highest BCUT2D eigenvalue weighted by Gasteiger charge is 2.26. The van der Waals surface area contributed by atoms with E-state index in [0.29, 0.717) is 26.1 Å². The van der Waals surface area contributed by atoms with E-state index in [4.69, 9.17) is 0 Å². The van der Waals surface area contributed by atoms with Gasteiger partial charge in [0.25, 0.3) is 0 Å². The number of nitrogens with one attached hydrogen (secondary N) is 1. The van der Waals surface area contributed by atoms with Crippen LogP contribution in [0.4, 0.5) is 4.79 Å². The summed E-state index contributed by atoms with van der Waals surface area (Å²) in [4.78, 5) is 14.5. The third kappa shape index (κ3) is 4.38. The van der Waals surface area contributed by atoms with Crippen molar-refractivity contribution in [1.29, 1.82) is 0 Å². The average Bonchev–Trinajstić information content (AvgIpc) is 2.71. The fraction of sp³-hybridized carbons (Fsp3) is 0.409. The Bertz CT molecular complexity index is 957. The number of amides is 2. The quantitative estimate of drug-likeness (QED) is 0.863. The molecule has 2 aromatic carbocycles. The number of hydrogen-bond acceptors (Lipinski definition) is 3. The Morgan fingerprint density at radius 3 is 2.68 bits per heavy atom. The molecule has 1 fully saturated rings. The van der Waals surface area contributed by atoms with Crippen molar-refractivity contribution in [2.45, 2.75) is 25.8 Å². The van der Waals surface area contributed by atoms with Gasteiger partial charge in [-0.15, -0.1) is 0 Å². The Balaban J connectivity index is 1.39. The fourth-order valence-electron chi connectivity index (χ4n) is 4.16. The van der Waals surface area contributed by atoms with Crippen molar-refractivity contribution in [2.75, 3.05) is 24.6 Å². The van der Waals surface area contributed by atoms with Gasteiger partial charge in [0.15, 0.2) is 9.84 Å². The summed E-state index contributed by atoms with van der Waals surface area (Å²) in [6, 6.07) is 16.6. The maximum absolute atomic E-state index is 12.6. The summed E-state index contributed by atoms with van der Waals surface area (Å²) in [6.07, 6.45) is 2.40. The lowest BCUT2D eigenvalue weighted by Gasteiger charge is -2.30. The molecule has 4 rings (SSSR count). The summed E-state index contributed by atoms with van der Waals surface area (Å²) in [5.74, 6) is 0.505. The van der Waals surface area contributed by atoms with Crippen LogP contribution in [0.5, 0.6) is 0 Å². The predicted molar refractivity (Wildman–Crippen MR) is 111 cm³/mol. The van der Waals surface area contributed by atoms with Gasteiger partial charge in [-0.1, -0.05) is 42.5 Å². The van der Waals surface area contributed by atoms with Crippen LogP contribution in [-0.4, -0.2) is 43.9 Å². The molecule has 2 heterocycles. The Labute approximate surface area is 166 Å². The Morgan fingerprint density at radius 1 is 1.07 bits per heavy atom. The first-order valence-corrected chi connectivity index (χ1v) is 11.7. The number of sulfone groups is 1. The smallest absolute Gasteiger partial charge is 0.317 e. The number of hydrogen-bond donors (Lipinski definition) is 1. The molecule has 2 aliphatic rings. The fourth-order valence-corrected chi connectivity index (χ4v) is 5.94. The molecule has 0 saturated carbocycles. The molecule has 5 nitrogen and oxygen atoms in total. The second-order valence-electron chi connectivity index (χ2n) is 7.83. The molecule has 6 heteroatoms. The normalized spacial score (nSPS) is 21.0. The van der Waals surface area contributed by atoms with Crippen LogP contribution in [0, 0.1) is 5.92 Å². The van der Waals surface area contributed by atoms with E-state index in [1.54, 1.807) is 0 Å². The number of urea groups is 1. The van der Waals surface area contributed by atoms with E-state index in [-0.39, 0.29) is 23.5 Å². The molecule has 2 amide bonds. The molecule has 0 aromatic heterocycles. The van der Waals surface area contributed by atoms with Gasteiger partial charge in [-0.05, 0) is 53.5 Å². The monoisotopic (exact) mass is 398 g/mol. The van der Waals surface area contributed by atoms with Gasteiger partial charge in [0.05, 0.1) is 11.5 Å². The van der Waals surface area contributed by atoms with Gasteiger partial charge in [-0.2, -0.15) is 0 Å². The zero-order valence-corrected chi connectivity index (χ0v) is 16.7. The highest BCUT2D eigenvalue weighted by atomic mass is 32.2. The lowest BCUT2D eigenvalue weighted by molar-refractivity contribution is 0.190. The van der Waals surface area contributed by atoms with E-state index in [2.05, 4.69) is 35.6 Å². The predicted octanol–water partition coefficient (Wildman–Crippen LogP) is 3.25. The molecule has 0 bridgehead atoms. The van der Waals surface area contributed by atoms with Crippen molar-refractivity contribution in [3.05, 3.63) is 59.7 Å². The number of benzene rings is 2. The van der Waals surface area contributed by atoms with E-state index >= 15 is 0 Å². The van der Waals surface area contributed by atoms with E-state index in [1.807, 2.05) is 23.1 Å². The van der Waals surface area contributed by atoms with Crippen LogP contribution in [0.25, 0.3) is 11.1 Å². The molecular formula is C22H26N2O3S. The maximum Gasteiger partial charge on any atom is 0.317 e. The number of fused-ring (bicyclic) bond motifs is 1. The third-order valence-corrected chi connectivity index (χ3v) is 7.60. The first-order chi connectivity index (χ1) is 13.5. The van der Waals surface area contributed by atoms with Crippen molar-refractivity contribution in [3.8, 4) is 11.1 Å². The molecule has 0 spiro atoms. The van der Waals surface area contributed by atoms with E-state index < -0.39 is 9.84 Å². The summed E-state index contributed by atoms with van der Waals surface area (Å²) in [7, 11) is -2.94. The van der Waals surface area contributed by atoms with Crippen molar-refractivity contribution in [2.24, 2.45) is 5.92 Å². The van der Waals surface area contributed by atoms with Gasteiger partial charge in [0.1, 0.15) is 0 Å². The average molecular weight is 399 g/mol. The highest BCUT2D eigenvalue weighted by molar-refractivity contribution is 7.91. The first-order valence-electron chi connectivity index (χ1n) is 9.90. The summed E-state index contributed by atoms with van der Waals surface area (Å²) < 4.78 is 23.5. The number of carbonyl (C=O) groups excluding carboxylic acids is 1. The Morgan fingerprint density at radius 2 is 1.89 bits per heavy atom. The summed E-state index contributed by atoms with van der Waals surface area (Å²) in [5, 5.41) is 2.96. The summed E-state index contributed by atoms with van der Waals surface area (Å²) >= 11 is 0. The van der Waals surface area contributed by atoms with Crippen LogP contribution in [0.3, 0.4) is 0 Å². The summed E-state index contributed by atoms with van der Waals surface area (Å²) in [6.45, 7) is 1.71. The van der Waals surface area contributed by atoms with Gasteiger partial charge in [0.2, 0.25) is 0 Å². The van der Waals surface area contributed by atoms with Gasteiger partial charge in [-0.3, -0.25) is 0 Å². The lowest BCUT2D eigenvalue weighted by atomic mass is 9.95. The standard InChI is InChI=1S/C22H26N2O3S/c25-22(23-14-17-5-4-12-28(26,27)16-17)24-11-10-19-8-9-20(13-21(19)15-24)18-6-2-1-3-7-18/h1-3,6-9,13,17H,4-5,10-12,14-16H2,(H,23,25). The Kier molecular flexibility index (Phi) is 5.40. The first kappa shape index (κ1) is 19.0. The van der Waals surface area contributed by atoms with Crippen LogP contribution >= 0.6 is 0 Å². The molecule has 0 radical (unpaired) electrons. The molecule has 148 valence electrons. The minimum absolute atomic E-state index is 0.0319. The van der Waals surface area contributed by atoms with Crippen molar-refractivity contribution >= 4 is 15.9 Å². The van der Waals surface area contributed by atoms with Crippen molar-refractivity contribution < 1.29 is 13.2 Å². The van der Waals surface area contributed by atoms with Crippen LogP contribution in [-0.2, 0) is 22.8 Å². The highest BCUT2D eigenvalue weighted by Crippen LogP contribution is 2.26. The molecular weight excluding hydrogens is 372 g/mol. The molecule has 1 atom stereocenters. The number of nitrogens with zero attached hydrogens (tertiary/aromatic N) is 1. The minimum atomic E-state index is -2.94. The van der Waals surface area contributed by atoms with E-state index in [1.165, 1.54) is 16.7 Å². The number of carbonyl (C=O) groups is 1. The third-order valence-electron chi connectivity index (χ3n) is 5.71. The zero-order valence-electron chi connectivity index (χ0n) is 15.9. The van der Waals surface area contributed by atoms with Gasteiger partial charge in [-0.25, -0.2) is 13.2 Å². The van der Waals surface area contributed by atoms with Crippen LogP contribution in [0.1, 0.15) is 24.0 Å². The van der Waals surface area contributed by atoms with Crippen LogP contribution in [0.2, 0.25) is 0 Å². The van der Waals surface area contributed by atoms with Crippen LogP contribution < -0.4 is 5.32 Å². The largest absolute Gasteiger partial charge is 0.338 e. The SMILES string of the molecule is O=C(NCC1CCCS(=O)(=O)C1)N1CCc2ccc(-c3ccccc3)cc2C1. The second kappa shape index (κ2) is 7.95. The Hall–Kier alpha value is -2.34. The summed E-state index contributed by atoms with van der Waals surface area (Å²) in [5.41, 5.74) is 4.81. The molecule has 0 aliphatic carbocycles. The molecule has 1 unspecified atom stereocenters. The van der Waals surface area contributed by atoms with Crippen LogP contribution in [0.15, 0.2) is 48.5 Å². The molecule has 2 aliphatic heterocycles. The van der Waals surface area contributed by atoms with Gasteiger partial charge in [0, 0.05) is 19.6 Å². The second-order valence-corrected chi connectivity index (χ2v) is 10.1. The van der Waals surface area contributed by atoms with Gasteiger partial charge < -0.3 is 10.2 Å². The van der Waals surface area contributed by atoms with E-state index in [0.717, 1.165) is 18.4 Å². The van der Waals surface area contributed by atoms with E-state index in [9.17, 15) is 13.2 Å². The topological polar surface area (TPSA) is 66.5 Å². The number of rotatable bonds is 3. The van der Waals surface area contributed by atoms with Crippen molar-refractivity contribution in [3.63, 3.8) is 0 Å². The maximum atomic E-state index is 12.6. The molecule has 1 saturated heterocycles. The van der Waals surface area contributed by atoms with Gasteiger partial charge >= 0.3 is 6.03 Å². The zero-order chi connectivity index (χ0) is 19.6. The minimum Gasteiger partial charge on any atom is -0.338 e. The molecule has 28 heavy (non-hydrogen) atoms.